The number of carbonyl (C=O) groups is 1. The average Bonchev–Trinajstić information content (AvgIpc) is 3.93. The van der Waals surface area contributed by atoms with Gasteiger partial charge in [0.1, 0.15) is 28.6 Å². The summed E-state index contributed by atoms with van der Waals surface area (Å²) in [6.07, 6.45) is 13.5. The first-order chi connectivity index (χ1) is 31.1. The van der Waals surface area contributed by atoms with Crippen molar-refractivity contribution in [2.24, 2.45) is 16.2 Å². The number of fused-ring (bicyclic) bond motifs is 1. The summed E-state index contributed by atoms with van der Waals surface area (Å²) in [5, 5.41) is 16.2. The number of allylic oxidation sites excluding steroid dienone is 1. The lowest BCUT2D eigenvalue weighted by atomic mass is 9.39. The summed E-state index contributed by atoms with van der Waals surface area (Å²) in [5.74, 6) is -0.980. The number of hydrogen-bond donors (Lipinski definition) is 2. The molecule has 346 valence electrons. The number of sulfone groups is 1. The normalized spacial score (nSPS) is 25.4. The summed E-state index contributed by atoms with van der Waals surface area (Å²) in [6, 6.07) is 12.8. The maximum atomic E-state index is 14.1. The number of H-pyrrole nitrogens is 1. The van der Waals surface area contributed by atoms with Crippen LogP contribution >= 0.6 is 11.6 Å². The molecule has 2 aromatic heterocycles. The molecule has 3 saturated heterocycles. The zero-order valence-electron chi connectivity index (χ0n) is 37.5. The van der Waals surface area contributed by atoms with Crippen LogP contribution in [0.15, 0.2) is 77.0 Å². The third-order valence-electron chi connectivity index (χ3n) is 15.5. The molecule has 65 heavy (non-hydrogen) atoms. The number of anilines is 2. The topological polar surface area (TPSA) is 163 Å². The number of nitro groups is 1. The molecule has 0 amide bonds. The fraction of sp³-hybridized carbons (Fsp3) is 0.551. The Labute approximate surface area is 386 Å². The number of likely N-dealkylation sites (tertiary alicyclic amines) is 1. The highest BCUT2D eigenvalue weighted by Crippen LogP contribution is 2.75. The quantitative estimate of drug-likeness (QED) is 0.0384. The van der Waals surface area contributed by atoms with Gasteiger partial charge in [0, 0.05) is 86.7 Å². The number of carbonyl (C=O) groups excluding carboxylic acids is 1. The van der Waals surface area contributed by atoms with Crippen LogP contribution in [0.25, 0.3) is 11.0 Å². The third-order valence-corrected chi connectivity index (χ3v) is 17.5. The number of piperidine rings is 1. The summed E-state index contributed by atoms with van der Waals surface area (Å²) in [4.78, 5) is 40.2. The average molecular weight is 927 g/mol. The maximum absolute atomic E-state index is 14.1. The van der Waals surface area contributed by atoms with Crippen LogP contribution in [-0.4, -0.2) is 122 Å². The number of hydrogen-bond acceptors (Lipinski definition) is 12. The van der Waals surface area contributed by atoms with Gasteiger partial charge in [-0.25, -0.2) is 13.4 Å². The van der Waals surface area contributed by atoms with Crippen LogP contribution in [0.1, 0.15) is 82.0 Å². The highest BCUT2D eigenvalue weighted by Gasteiger charge is 2.69. The number of nitro benzene ring substituents is 1. The molecule has 2 aromatic carbocycles. The molecule has 7 aliphatic rings. The molecule has 2 N–H and O–H groups in total. The van der Waals surface area contributed by atoms with Crippen molar-refractivity contribution in [2.75, 3.05) is 88.1 Å². The number of rotatable bonds is 15. The number of halogens is 1. The number of benzene rings is 2. The second-order valence-corrected chi connectivity index (χ2v) is 23.5. The zero-order valence-corrected chi connectivity index (χ0v) is 39.1. The number of nitrogens with zero attached hydrogens (tertiary/aromatic N) is 5. The Morgan fingerprint density at radius 1 is 0.985 bits per heavy atom. The molecule has 0 atom stereocenters. The summed E-state index contributed by atoms with van der Waals surface area (Å²) in [5.41, 5.74) is 5.75. The van der Waals surface area contributed by atoms with Gasteiger partial charge in [0.05, 0.1) is 28.2 Å². The predicted molar refractivity (Wildman–Crippen MR) is 252 cm³/mol. The smallest absolute Gasteiger partial charge is 0.293 e. The summed E-state index contributed by atoms with van der Waals surface area (Å²) in [6.45, 7) is 13.8. The molecule has 11 rings (SSSR count). The molecule has 0 unspecified atom stereocenters. The van der Waals surface area contributed by atoms with E-state index in [1.54, 1.807) is 29.6 Å². The molecule has 2 bridgehead atoms. The van der Waals surface area contributed by atoms with Gasteiger partial charge >= 0.3 is 0 Å². The van der Waals surface area contributed by atoms with E-state index in [4.69, 9.17) is 21.1 Å². The van der Waals surface area contributed by atoms with Gasteiger partial charge in [-0.1, -0.05) is 25.0 Å². The van der Waals surface area contributed by atoms with Gasteiger partial charge < -0.3 is 29.6 Å². The van der Waals surface area contributed by atoms with Crippen molar-refractivity contribution in [3.63, 3.8) is 0 Å². The Balaban J connectivity index is 0.826. The SMILES string of the molecule is CC1(C)CCC(CN2CCN(c3ccc(C(=O)CS(=O)(=O)c4ccc(NCCN5CCC6(CCOC6)CC5)c([N+](=O)[O-])c4)c(Oc4cnc5[nH]ccc5c4)c3)CC2)=C(C23CC(Cl)(C2)C3)C1. The van der Waals surface area contributed by atoms with Gasteiger partial charge in [-0.05, 0) is 124 Å². The Morgan fingerprint density at radius 2 is 1.77 bits per heavy atom. The van der Waals surface area contributed by atoms with Crippen molar-refractivity contribution in [1.82, 2.24) is 19.8 Å². The molecule has 0 radical (unpaired) electrons. The van der Waals surface area contributed by atoms with E-state index in [0.717, 1.165) is 128 Å². The van der Waals surface area contributed by atoms with Crippen molar-refractivity contribution in [3.05, 3.63) is 87.7 Å². The zero-order chi connectivity index (χ0) is 45.2. The van der Waals surface area contributed by atoms with Crippen LogP contribution in [0.3, 0.4) is 0 Å². The van der Waals surface area contributed by atoms with E-state index in [-0.39, 0.29) is 37.9 Å². The number of ether oxygens (including phenoxy) is 2. The van der Waals surface area contributed by atoms with E-state index >= 15 is 0 Å². The predicted octanol–water partition coefficient (Wildman–Crippen LogP) is 8.62. The van der Waals surface area contributed by atoms with Crippen molar-refractivity contribution in [2.45, 2.75) is 81.4 Å². The van der Waals surface area contributed by atoms with Gasteiger partial charge in [-0.15, -0.1) is 11.6 Å². The monoisotopic (exact) mass is 925 g/mol. The standard InChI is InChI=1S/C49H60ClN7O7S/c1-46(2)9-7-35(40(26-46)48-30-49(50,31-48)32-48)28-55-18-20-56(21-19-55)36-3-5-39(44(24-36)64-37-23-34-8-13-52-45(34)53-27-37)43(58)29-65(61,62)38-4-6-41(42(25-38)57(59)60)51-14-17-54-15-10-47(11-16-54)12-22-63-33-47/h3-6,8,13,23-25,27,51H,7,9-12,14-22,26,28-33H2,1-2H3,(H,52,53). The number of alkyl halides is 1. The van der Waals surface area contributed by atoms with Crippen LogP contribution in [0.2, 0.25) is 0 Å². The molecule has 5 heterocycles. The first-order valence-electron chi connectivity index (χ1n) is 23.3. The number of aromatic nitrogens is 2. The largest absolute Gasteiger partial charge is 0.455 e. The minimum atomic E-state index is -4.31. The summed E-state index contributed by atoms with van der Waals surface area (Å²) in [7, 11) is -4.31. The van der Waals surface area contributed by atoms with Crippen LogP contribution < -0.4 is 15.0 Å². The van der Waals surface area contributed by atoms with Gasteiger partial charge in [0.25, 0.3) is 5.69 Å². The van der Waals surface area contributed by atoms with E-state index in [2.05, 4.69) is 43.8 Å². The minimum Gasteiger partial charge on any atom is -0.455 e. The number of pyridine rings is 1. The lowest BCUT2D eigenvalue weighted by Gasteiger charge is -2.70. The van der Waals surface area contributed by atoms with Gasteiger partial charge in [0.15, 0.2) is 15.6 Å². The third kappa shape index (κ3) is 9.03. The molecule has 16 heteroatoms. The lowest BCUT2D eigenvalue weighted by molar-refractivity contribution is -0.384. The Hall–Kier alpha value is -4.54. The summed E-state index contributed by atoms with van der Waals surface area (Å²) < 4.78 is 39.8. The lowest BCUT2D eigenvalue weighted by Crippen LogP contribution is -2.65. The van der Waals surface area contributed by atoms with Crippen molar-refractivity contribution < 1.29 is 27.6 Å². The first kappa shape index (κ1) is 44.3. The van der Waals surface area contributed by atoms with Crippen LogP contribution in [0.4, 0.5) is 17.1 Å². The van der Waals surface area contributed by atoms with E-state index in [1.807, 2.05) is 24.3 Å². The van der Waals surface area contributed by atoms with Crippen LogP contribution in [-0.2, 0) is 14.6 Å². The second kappa shape index (κ2) is 17.0. The maximum Gasteiger partial charge on any atom is 0.293 e. The Morgan fingerprint density at radius 3 is 2.49 bits per heavy atom. The molecule has 3 aliphatic heterocycles. The molecule has 3 saturated carbocycles. The molecular weight excluding hydrogens is 866 g/mol. The van der Waals surface area contributed by atoms with Gasteiger partial charge in [0.2, 0.25) is 0 Å². The first-order valence-corrected chi connectivity index (χ1v) is 25.3. The highest BCUT2D eigenvalue weighted by molar-refractivity contribution is 7.92. The van der Waals surface area contributed by atoms with E-state index < -0.39 is 26.3 Å². The fourth-order valence-corrected chi connectivity index (χ4v) is 13.6. The molecular formula is C49H60ClN7O7S. The number of ketones is 1. The number of piperazine rings is 1. The Kier molecular flexibility index (Phi) is 11.6. The van der Waals surface area contributed by atoms with Crippen LogP contribution in [0, 0.1) is 26.4 Å². The number of Topliss-reactive ketones (excluding diaryl/α,β-unsaturated/α-hetero) is 1. The molecule has 4 aromatic rings. The molecule has 1 spiro atoms. The van der Waals surface area contributed by atoms with E-state index in [0.29, 0.717) is 35.3 Å². The van der Waals surface area contributed by atoms with Gasteiger partial charge in [-0.2, -0.15) is 0 Å². The number of nitrogens with one attached hydrogen (secondary N) is 2. The summed E-state index contributed by atoms with van der Waals surface area (Å²) >= 11 is 6.76. The molecule has 4 aliphatic carbocycles. The highest BCUT2D eigenvalue weighted by atomic mass is 35.5. The van der Waals surface area contributed by atoms with Crippen molar-refractivity contribution in [3.8, 4) is 11.5 Å². The Bertz CT molecular complexity index is 2620. The van der Waals surface area contributed by atoms with Gasteiger partial charge in [-0.3, -0.25) is 19.8 Å². The van der Waals surface area contributed by atoms with E-state index in [9.17, 15) is 23.3 Å². The van der Waals surface area contributed by atoms with Crippen molar-refractivity contribution in [1.29, 1.82) is 0 Å². The fourth-order valence-electron chi connectivity index (χ4n) is 11.6. The van der Waals surface area contributed by atoms with Crippen LogP contribution in [0.5, 0.6) is 11.5 Å². The number of aromatic amines is 1. The minimum absolute atomic E-state index is 0.0455. The molecule has 6 fully saturated rings. The van der Waals surface area contributed by atoms with E-state index in [1.165, 1.54) is 18.6 Å². The molecule has 14 nitrogen and oxygen atoms in total. The van der Waals surface area contributed by atoms with Crippen molar-refractivity contribution >= 4 is 55.3 Å². The second-order valence-electron chi connectivity index (χ2n) is 20.7.